The van der Waals surface area contributed by atoms with Gasteiger partial charge < -0.3 is 5.32 Å². The number of nitrogens with zero attached hydrogens (tertiary/aromatic N) is 1. The molecular formula is C15H17BrN2O. The van der Waals surface area contributed by atoms with Gasteiger partial charge >= 0.3 is 0 Å². The molecule has 0 bridgehead atoms. The summed E-state index contributed by atoms with van der Waals surface area (Å²) in [6.45, 7) is 1.95. The summed E-state index contributed by atoms with van der Waals surface area (Å²) in [7, 11) is 0. The standard InChI is InChI=1S/C15H17BrN2O/c1-11-9-12(5-6-13(11)16)14(19)18-15(10-17)7-3-2-4-8-15/h5-6,9H,2-4,7-8H2,1H3,(H,18,19). The number of benzene rings is 1. The summed E-state index contributed by atoms with van der Waals surface area (Å²) in [6, 6.07) is 7.79. The molecular weight excluding hydrogens is 304 g/mol. The molecule has 1 aliphatic rings. The topological polar surface area (TPSA) is 52.9 Å². The van der Waals surface area contributed by atoms with Crippen LogP contribution in [0.15, 0.2) is 22.7 Å². The summed E-state index contributed by atoms with van der Waals surface area (Å²) in [4.78, 5) is 12.3. The Morgan fingerprint density at radius 1 is 1.37 bits per heavy atom. The third kappa shape index (κ3) is 3.16. The number of hydrogen-bond acceptors (Lipinski definition) is 2. The molecule has 0 radical (unpaired) electrons. The predicted molar refractivity (Wildman–Crippen MR) is 77.8 cm³/mol. The number of carbonyl (C=O) groups excluding carboxylic acids is 1. The third-order valence-electron chi connectivity index (χ3n) is 3.69. The van der Waals surface area contributed by atoms with E-state index in [1.54, 1.807) is 6.07 Å². The molecule has 0 aromatic heterocycles. The average molecular weight is 321 g/mol. The lowest BCUT2D eigenvalue weighted by molar-refractivity contribution is 0.0902. The number of amides is 1. The molecule has 19 heavy (non-hydrogen) atoms. The van der Waals surface area contributed by atoms with E-state index in [2.05, 4.69) is 27.3 Å². The SMILES string of the molecule is Cc1cc(C(=O)NC2(C#N)CCCCC2)ccc1Br. The van der Waals surface area contributed by atoms with Crippen LogP contribution in [0.4, 0.5) is 0 Å². The second-order valence-electron chi connectivity index (χ2n) is 5.17. The van der Waals surface area contributed by atoms with E-state index in [0.29, 0.717) is 5.56 Å². The van der Waals surface area contributed by atoms with E-state index in [0.717, 1.165) is 42.1 Å². The Kier molecular flexibility index (Phi) is 4.26. The highest BCUT2D eigenvalue weighted by Gasteiger charge is 2.33. The fraction of sp³-hybridized carbons (Fsp3) is 0.467. The number of halogens is 1. The lowest BCUT2D eigenvalue weighted by Gasteiger charge is -2.31. The maximum Gasteiger partial charge on any atom is 0.252 e. The highest BCUT2D eigenvalue weighted by molar-refractivity contribution is 9.10. The van der Waals surface area contributed by atoms with Crippen LogP contribution in [0.2, 0.25) is 0 Å². The van der Waals surface area contributed by atoms with E-state index in [1.807, 2.05) is 19.1 Å². The normalized spacial score (nSPS) is 17.5. The van der Waals surface area contributed by atoms with Crippen LogP contribution < -0.4 is 5.32 Å². The molecule has 0 heterocycles. The molecule has 1 amide bonds. The van der Waals surface area contributed by atoms with Crippen molar-refractivity contribution in [1.82, 2.24) is 5.32 Å². The number of rotatable bonds is 2. The van der Waals surface area contributed by atoms with Gasteiger partial charge in [0.1, 0.15) is 5.54 Å². The van der Waals surface area contributed by atoms with E-state index in [-0.39, 0.29) is 5.91 Å². The van der Waals surface area contributed by atoms with Gasteiger partial charge in [0.25, 0.3) is 5.91 Å². The van der Waals surface area contributed by atoms with Crippen LogP contribution in [0.1, 0.15) is 48.0 Å². The van der Waals surface area contributed by atoms with Crippen molar-refractivity contribution in [2.24, 2.45) is 0 Å². The Morgan fingerprint density at radius 2 is 2.05 bits per heavy atom. The first-order chi connectivity index (χ1) is 9.06. The van der Waals surface area contributed by atoms with Crippen LogP contribution in [0.5, 0.6) is 0 Å². The number of carbonyl (C=O) groups is 1. The molecule has 1 aromatic carbocycles. The minimum absolute atomic E-state index is 0.154. The lowest BCUT2D eigenvalue weighted by Crippen LogP contribution is -2.48. The molecule has 1 N–H and O–H groups in total. The Bertz CT molecular complexity index is 527. The van der Waals surface area contributed by atoms with Gasteiger partial charge in [0.05, 0.1) is 6.07 Å². The third-order valence-corrected chi connectivity index (χ3v) is 4.58. The van der Waals surface area contributed by atoms with E-state index < -0.39 is 5.54 Å². The van der Waals surface area contributed by atoms with Crippen molar-refractivity contribution in [1.29, 1.82) is 5.26 Å². The number of hydrogen-bond donors (Lipinski definition) is 1. The second-order valence-corrected chi connectivity index (χ2v) is 6.03. The number of nitrogens with one attached hydrogen (secondary N) is 1. The van der Waals surface area contributed by atoms with E-state index in [4.69, 9.17) is 0 Å². The molecule has 1 aliphatic carbocycles. The zero-order chi connectivity index (χ0) is 13.9. The van der Waals surface area contributed by atoms with Crippen molar-refractivity contribution in [2.45, 2.75) is 44.6 Å². The predicted octanol–water partition coefficient (Wildman–Crippen LogP) is 3.71. The van der Waals surface area contributed by atoms with Gasteiger partial charge in [0.2, 0.25) is 0 Å². The van der Waals surface area contributed by atoms with Crippen LogP contribution in [-0.4, -0.2) is 11.4 Å². The lowest BCUT2D eigenvalue weighted by atomic mass is 9.82. The molecule has 4 heteroatoms. The summed E-state index contributed by atoms with van der Waals surface area (Å²) in [6.07, 6.45) is 4.67. The van der Waals surface area contributed by atoms with Crippen LogP contribution in [-0.2, 0) is 0 Å². The van der Waals surface area contributed by atoms with Crippen LogP contribution >= 0.6 is 15.9 Å². The average Bonchev–Trinajstić information content (AvgIpc) is 2.43. The molecule has 3 nitrogen and oxygen atoms in total. The van der Waals surface area contributed by atoms with Crippen molar-refractivity contribution in [3.8, 4) is 6.07 Å². The molecule has 0 aliphatic heterocycles. The Hall–Kier alpha value is -1.34. The van der Waals surface area contributed by atoms with Gasteiger partial charge in [0.15, 0.2) is 0 Å². The molecule has 0 spiro atoms. The van der Waals surface area contributed by atoms with E-state index >= 15 is 0 Å². The minimum Gasteiger partial charge on any atom is -0.334 e. The minimum atomic E-state index is -0.670. The first kappa shape index (κ1) is 14.1. The van der Waals surface area contributed by atoms with Crippen molar-refractivity contribution in [3.63, 3.8) is 0 Å². The molecule has 0 saturated heterocycles. The summed E-state index contributed by atoms with van der Waals surface area (Å²) in [5, 5.41) is 12.3. The van der Waals surface area contributed by atoms with E-state index in [1.165, 1.54) is 0 Å². The maximum atomic E-state index is 12.3. The molecule has 2 rings (SSSR count). The number of nitriles is 1. The summed E-state index contributed by atoms with van der Waals surface area (Å²) in [5.74, 6) is -0.154. The Balaban J connectivity index is 2.15. The van der Waals surface area contributed by atoms with Crippen molar-refractivity contribution in [2.75, 3.05) is 0 Å². The van der Waals surface area contributed by atoms with Gasteiger partial charge in [-0.25, -0.2) is 0 Å². The zero-order valence-corrected chi connectivity index (χ0v) is 12.6. The van der Waals surface area contributed by atoms with E-state index in [9.17, 15) is 10.1 Å². The summed E-state index contributed by atoms with van der Waals surface area (Å²) >= 11 is 3.42. The monoisotopic (exact) mass is 320 g/mol. The smallest absolute Gasteiger partial charge is 0.252 e. The molecule has 1 aromatic rings. The summed E-state index contributed by atoms with van der Waals surface area (Å²) in [5.41, 5.74) is 0.958. The number of aryl methyl sites for hydroxylation is 1. The fourth-order valence-corrected chi connectivity index (χ4v) is 2.74. The summed E-state index contributed by atoms with van der Waals surface area (Å²) < 4.78 is 0.983. The molecule has 0 unspecified atom stereocenters. The highest BCUT2D eigenvalue weighted by atomic mass is 79.9. The van der Waals surface area contributed by atoms with Crippen molar-refractivity contribution in [3.05, 3.63) is 33.8 Å². The van der Waals surface area contributed by atoms with Crippen LogP contribution in [0.25, 0.3) is 0 Å². The van der Waals surface area contributed by atoms with Crippen molar-refractivity contribution < 1.29 is 4.79 Å². The van der Waals surface area contributed by atoms with Gasteiger partial charge in [-0.1, -0.05) is 35.2 Å². The van der Waals surface area contributed by atoms with Crippen LogP contribution in [0.3, 0.4) is 0 Å². The molecule has 1 fully saturated rings. The fourth-order valence-electron chi connectivity index (χ4n) is 2.50. The van der Waals surface area contributed by atoms with Gasteiger partial charge in [-0.3, -0.25) is 4.79 Å². The Morgan fingerprint density at radius 3 is 2.63 bits per heavy atom. The van der Waals surface area contributed by atoms with Crippen molar-refractivity contribution >= 4 is 21.8 Å². The highest BCUT2D eigenvalue weighted by Crippen LogP contribution is 2.28. The van der Waals surface area contributed by atoms with Gasteiger partial charge in [-0.2, -0.15) is 5.26 Å². The largest absolute Gasteiger partial charge is 0.334 e. The first-order valence-electron chi connectivity index (χ1n) is 6.56. The van der Waals surface area contributed by atoms with Gasteiger partial charge in [0, 0.05) is 10.0 Å². The van der Waals surface area contributed by atoms with Gasteiger partial charge in [-0.05, 0) is 43.5 Å². The zero-order valence-electron chi connectivity index (χ0n) is 11.0. The molecule has 0 atom stereocenters. The second kappa shape index (κ2) is 5.75. The quantitative estimate of drug-likeness (QED) is 0.903. The maximum absolute atomic E-state index is 12.3. The Labute approximate surface area is 122 Å². The molecule has 100 valence electrons. The molecule has 1 saturated carbocycles. The van der Waals surface area contributed by atoms with Crippen LogP contribution in [0, 0.1) is 18.3 Å². The van der Waals surface area contributed by atoms with Gasteiger partial charge in [-0.15, -0.1) is 0 Å². The first-order valence-corrected chi connectivity index (χ1v) is 7.35.